The standard InChI is InChI=1S/C13H11ClN2O4/c14-9-3-4-10(8-2-1-5-15-13(8)9)16-11(17)6-20-7-12(18)19/h1-5H,6-7H2,(H,16,17)(H,18,19). The molecule has 0 radical (unpaired) electrons. The van der Waals surface area contributed by atoms with Crippen LogP contribution in [0.2, 0.25) is 5.02 Å². The van der Waals surface area contributed by atoms with Crippen LogP contribution in [0.4, 0.5) is 5.69 Å². The van der Waals surface area contributed by atoms with Gasteiger partial charge < -0.3 is 15.2 Å². The van der Waals surface area contributed by atoms with Crippen LogP contribution in [-0.2, 0) is 14.3 Å². The Kier molecular flexibility index (Phi) is 4.49. The highest BCUT2D eigenvalue weighted by molar-refractivity contribution is 6.35. The molecule has 0 aliphatic rings. The second-order valence-electron chi connectivity index (χ2n) is 3.93. The molecule has 1 aromatic heterocycles. The summed E-state index contributed by atoms with van der Waals surface area (Å²) >= 11 is 6.02. The van der Waals surface area contributed by atoms with E-state index >= 15 is 0 Å². The van der Waals surface area contributed by atoms with Gasteiger partial charge in [-0.05, 0) is 24.3 Å². The van der Waals surface area contributed by atoms with Crippen LogP contribution in [0.15, 0.2) is 30.5 Å². The summed E-state index contributed by atoms with van der Waals surface area (Å²) in [5.41, 5.74) is 1.12. The molecule has 0 fully saturated rings. The van der Waals surface area contributed by atoms with E-state index in [-0.39, 0.29) is 6.61 Å². The number of hydrogen-bond acceptors (Lipinski definition) is 4. The lowest BCUT2D eigenvalue weighted by molar-refractivity contribution is -0.143. The summed E-state index contributed by atoms with van der Waals surface area (Å²) in [6, 6.07) is 6.79. The topological polar surface area (TPSA) is 88.5 Å². The average molecular weight is 295 g/mol. The number of nitrogens with zero attached hydrogens (tertiary/aromatic N) is 1. The quantitative estimate of drug-likeness (QED) is 0.879. The third-order valence-electron chi connectivity index (χ3n) is 2.45. The van der Waals surface area contributed by atoms with Crippen LogP contribution < -0.4 is 5.32 Å². The molecule has 0 aliphatic heterocycles. The van der Waals surface area contributed by atoms with Crippen molar-refractivity contribution in [1.82, 2.24) is 4.98 Å². The Labute approximate surface area is 119 Å². The predicted molar refractivity (Wildman–Crippen MR) is 73.8 cm³/mol. The van der Waals surface area contributed by atoms with Gasteiger partial charge in [0.1, 0.15) is 13.2 Å². The molecule has 1 heterocycles. The number of rotatable bonds is 5. The maximum absolute atomic E-state index is 11.6. The van der Waals surface area contributed by atoms with Gasteiger partial charge in [0.15, 0.2) is 0 Å². The zero-order chi connectivity index (χ0) is 14.5. The fraction of sp³-hybridized carbons (Fsp3) is 0.154. The molecule has 2 aromatic rings. The van der Waals surface area contributed by atoms with Gasteiger partial charge in [0.05, 0.1) is 16.2 Å². The van der Waals surface area contributed by atoms with Gasteiger partial charge in [0.25, 0.3) is 0 Å². The van der Waals surface area contributed by atoms with E-state index in [1.165, 1.54) is 0 Å². The van der Waals surface area contributed by atoms with Gasteiger partial charge in [-0.25, -0.2) is 4.79 Å². The van der Waals surface area contributed by atoms with Crippen molar-refractivity contribution in [1.29, 1.82) is 0 Å². The molecule has 2 N–H and O–H groups in total. The number of carboxylic acid groups (broad SMARTS) is 1. The number of halogens is 1. The Bertz CT molecular complexity index is 660. The third-order valence-corrected chi connectivity index (χ3v) is 2.76. The smallest absolute Gasteiger partial charge is 0.329 e. The second-order valence-corrected chi connectivity index (χ2v) is 4.34. The number of anilines is 1. The predicted octanol–water partition coefficient (Wildman–Crippen LogP) is 1.93. The molecule has 0 saturated heterocycles. The average Bonchev–Trinajstić information content (AvgIpc) is 2.42. The number of amides is 1. The lowest BCUT2D eigenvalue weighted by atomic mass is 10.2. The molecular weight excluding hydrogens is 284 g/mol. The molecule has 0 aliphatic carbocycles. The number of pyridine rings is 1. The largest absolute Gasteiger partial charge is 0.480 e. The Hall–Kier alpha value is -2.18. The first-order valence-electron chi connectivity index (χ1n) is 5.70. The normalized spacial score (nSPS) is 10.4. The zero-order valence-electron chi connectivity index (χ0n) is 10.3. The molecule has 7 heteroatoms. The van der Waals surface area contributed by atoms with E-state index < -0.39 is 18.5 Å². The molecule has 0 saturated carbocycles. The number of ether oxygens (including phenoxy) is 1. The summed E-state index contributed by atoms with van der Waals surface area (Å²) in [5.74, 6) is -1.57. The van der Waals surface area contributed by atoms with Crippen LogP contribution in [0.25, 0.3) is 10.9 Å². The Morgan fingerprint density at radius 2 is 2.10 bits per heavy atom. The van der Waals surface area contributed by atoms with Gasteiger partial charge in [0.2, 0.25) is 5.91 Å². The van der Waals surface area contributed by atoms with Crippen molar-refractivity contribution in [2.24, 2.45) is 0 Å². The highest BCUT2D eigenvalue weighted by atomic mass is 35.5. The van der Waals surface area contributed by atoms with Crippen LogP contribution in [0.1, 0.15) is 0 Å². The summed E-state index contributed by atoms with van der Waals surface area (Å²) in [6.07, 6.45) is 1.61. The lowest BCUT2D eigenvalue weighted by Crippen LogP contribution is -2.20. The van der Waals surface area contributed by atoms with Crippen molar-refractivity contribution >= 4 is 40.1 Å². The van der Waals surface area contributed by atoms with Crippen molar-refractivity contribution in [3.05, 3.63) is 35.5 Å². The van der Waals surface area contributed by atoms with E-state index in [9.17, 15) is 9.59 Å². The van der Waals surface area contributed by atoms with E-state index in [1.54, 1.807) is 30.5 Å². The first-order chi connectivity index (χ1) is 9.58. The molecule has 1 aromatic carbocycles. The molecule has 0 bridgehead atoms. The van der Waals surface area contributed by atoms with Crippen molar-refractivity contribution < 1.29 is 19.4 Å². The SMILES string of the molecule is O=C(O)COCC(=O)Nc1ccc(Cl)c2ncccc12. The van der Waals surface area contributed by atoms with E-state index in [0.29, 0.717) is 21.6 Å². The molecule has 0 unspecified atom stereocenters. The number of benzene rings is 1. The number of carbonyl (C=O) groups excluding carboxylic acids is 1. The second kappa shape index (κ2) is 6.31. The van der Waals surface area contributed by atoms with Crippen molar-refractivity contribution in [2.75, 3.05) is 18.5 Å². The Balaban J connectivity index is 2.12. The molecule has 2 rings (SSSR count). The van der Waals surface area contributed by atoms with Gasteiger partial charge in [-0.3, -0.25) is 9.78 Å². The number of carbonyl (C=O) groups is 2. The minimum absolute atomic E-state index is 0.337. The first-order valence-corrected chi connectivity index (χ1v) is 6.08. The van der Waals surface area contributed by atoms with Crippen LogP contribution >= 0.6 is 11.6 Å². The molecule has 0 atom stereocenters. The summed E-state index contributed by atoms with van der Waals surface area (Å²) in [4.78, 5) is 26.1. The molecule has 6 nitrogen and oxygen atoms in total. The maximum atomic E-state index is 11.6. The van der Waals surface area contributed by atoms with Crippen LogP contribution in [-0.4, -0.2) is 35.2 Å². The summed E-state index contributed by atoms with van der Waals surface area (Å²) in [5, 5.41) is 12.2. The number of hydrogen-bond donors (Lipinski definition) is 2. The Morgan fingerprint density at radius 3 is 2.85 bits per heavy atom. The summed E-state index contributed by atoms with van der Waals surface area (Å²) in [6.45, 7) is -0.854. The first kappa shape index (κ1) is 14.2. The van der Waals surface area contributed by atoms with Gasteiger partial charge in [-0.2, -0.15) is 0 Å². The number of carboxylic acids is 1. The molecule has 20 heavy (non-hydrogen) atoms. The van der Waals surface area contributed by atoms with Crippen molar-refractivity contribution in [3.63, 3.8) is 0 Å². The zero-order valence-corrected chi connectivity index (χ0v) is 11.1. The van der Waals surface area contributed by atoms with E-state index in [2.05, 4.69) is 10.3 Å². The monoisotopic (exact) mass is 294 g/mol. The van der Waals surface area contributed by atoms with Crippen LogP contribution in [0.5, 0.6) is 0 Å². The van der Waals surface area contributed by atoms with Crippen LogP contribution in [0.3, 0.4) is 0 Å². The maximum Gasteiger partial charge on any atom is 0.329 e. The van der Waals surface area contributed by atoms with Gasteiger partial charge in [0, 0.05) is 11.6 Å². The lowest BCUT2D eigenvalue weighted by Gasteiger charge is -2.09. The minimum Gasteiger partial charge on any atom is -0.480 e. The van der Waals surface area contributed by atoms with Gasteiger partial charge in [-0.1, -0.05) is 11.6 Å². The highest BCUT2D eigenvalue weighted by Crippen LogP contribution is 2.27. The van der Waals surface area contributed by atoms with Crippen molar-refractivity contribution in [2.45, 2.75) is 0 Å². The van der Waals surface area contributed by atoms with E-state index in [1.807, 2.05) is 0 Å². The number of nitrogens with one attached hydrogen (secondary N) is 1. The fourth-order valence-electron chi connectivity index (χ4n) is 1.66. The number of fused-ring (bicyclic) bond motifs is 1. The molecule has 0 spiro atoms. The van der Waals surface area contributed by atoms with Crippen molar-refractivity contribution in [3.8, 4) is 0 Å². The summed E-state index contributed by atoms with van der Waals surface area (Å²) < 4.78 is 4.71. The van der Waals surface area contributed by atoms with Crippen LogP contribution in [0, 0.1) is 0 Å². The number of aliphatic carboxylic acids is 1. The fourth-order valence-corrected chi connectivity index (χ4v) is 1.88. The van der Waals surface area contributed by atoms with Gasteiger partial charge >= 0.3 is 5.97 Å². The molecule has 1 amide bonds. The minimum atomic E-state index is -1.13. The Morgan fingerprint density at radius 1 is 1.30 bits per heavy atom. The third kappa shape index (κ3) is 3.43. The van der Waals surface area contributed by atoms with Gasteiger partial charge in [-0.15, -0.1) is 0 Å². The summed E-state index contributed by atoms with van der Waals surface area (Å²) in [7, 11) is 0. The molecular formula is C13H11ClN2O4. The van der Waals surface area contributed by atoms with E-state index in [4.69, 9.17) is 21.4 Å². The number of aromatic nitrogens is 1. The molecule has 104 valence electrons. The highest BCUT2D eigenvalue weighted by Gasteiger charge is 2.09. The van der Waals surface area contributed by atoms with E-state index in [0.717, 1.165) is 0 Å².